The molecule has 4 heteroatoms. The Hall–Kier alpha value is -1.00. The van der Waals surface area contributed by atoms with Crippen molar-refractivity contribution in [2.45, 2.75) is 26.3 Å². The van der Waals surface area contributed by atoms with Crippen molar-refractivity contribution in [3.63, 3.8) is 0 Å². The van der Waals surface area contributed by atoms with Crippen LogP contribution in [0, 0.1) is 17.7 Å². The number of hydrogen-bond acceptors (Lipinski definition) is 2. The van der Waals surface area contributed by atoms with Gasteiger partial charge in [-0.25, -0.2) is 4.39 Å². The van der Waals surface area contributed by atoms with E-state index in [1.54, 1.807) is 6.07 Å². The maximum atomic E-state index is 13.4. The molecule has 1 aliphatic heterocycles. The van der Waals surface area contributed by atoms with Gasteiger partial charge in [-0.2, -0.15) is 0 Å². The summed E-state index contributed by atoms with van der Waals surface area (Å²) in [5, 5.41) is 0. The third-order valence-electron chi connectivity index (χ3n) is 3.70. The van der Waals surface area contributed by atoms with Crippen LogP contribution in [0.1, 0.15) is 31.9 Å². The summed E-state index contributed by atoms with van der Waals surface area (Å²) >= 11 is 5.21. The van der Waals surface area contributed by atoms with Crippen molar-refractivity contribution in [3.05, 3.63) is 35.6 Å². The molecule has 1 saturated heterocycles. The molecule has 0 aromatic heterocycles. The molecule has 0 radical (unpaired) electrons. The Morgan fingerprint density at radius 1 is 1.37 bits per heavy atom. The summed E-state index contributed by atoms with van der Waals surface area (Å²) < 4.78 is 13.4. The molecule has 19 heavy (non-hydrogen) atoms. The number of rotatable bonds is 3. The lowest BCUT2D eigenvalue weighted by molar-refractivity contribution is 0.122. The lowest BCUT2D eigenvalue weighted by atomic mass is 9.89. The number of nitrogens with two attached hydrogens (primary N) is 1. The van der Waals surface area contributed by atoms with Crippen molar-refractivity contribution in [2.75, 3.05) is 13.1 Å². The van der Waals surface area contributed by atoms with Crippen LogP contribution in [0.3, 0.4) is 0 Å². The Morgan fingerprint density at radius 3 is 2.53 bits per heavy atom. The highest BCUT2D eigenvalue weighted by atomic mass is 32.1. The van der Waals surface area contributed by atoms with E-state index in [-0.39, 0.29) is 11.9 Å². The number of thiocarbonyl (C=S) groups is 1. The second-order valence-electron chi connectivity index (χ2n) is 5.76. The molecule has 1 aliphatic rings. The first-order valence-electron chi connectivity index (χ1n) is 6.76. The number of nitrogens with zero attached hydrogens (tertiary/aromatic N) is 1. The topological polar surface area (TPSA) is 29.3 Å². The van der Waals surface area contributed by atoms with Crippen molar-refractivity contribution in [2.24, 2.45) is 17.6 Å². The Morgan fingerprint density at radius 2 is 2.00 bits per heavy atom. The van der Waals surface area contributed by atoms with Crippen LogP contribution < -0.4 is 5.73 Å². The van der Waals surface area contributed by atoms with Crippen LogP contribution >= 0.6 is 12.2 Å². The Kier molecular flexibility index (Phi) is 4.53. The van der Waals surface area contributed by atoms with Gasteiger partial charge in [0.25, 0.3) is 0 Å². The van der Waals surface area contributed by atoms with Gasteiger partial charge < -0.3 is 5.73 Å². The van der Waals surface area contributed by atoms with Gasteiger partial charge >= 0.3 is 0 Å². The highest BCUT2D eigenvalue weighted by Gasteiger charge is 2.30. The normalized spacial score (nSPS) is 26.1. The van der Waals surface area contributed by atoms with Crippen molar-refractivity contribution >= 4 is 17.2 Å². The maximum Gasteiger partial charge on any atom is 0.123 e. The van der Waals surface area contributed by atoms with Gasteiger partial charge in [0.15, 0.2) is 0 Å². The van der Waals surface area contributed by atoms with E-state index < -0.39 is 0 Å². The molecule has 0 aliphatic carbocycles. The van der Waals surface area contributed by atoms with Crippen LogP contribution in [0.15, 0.2) is 24.3 Å². The van der Waals surface area contributed by atoms with Gasteiger partial charge in [0.2, 0.25) is 0 Å². The number of benzene rings is 1. The smallest absolute Gasteiger partial charge is 0.123 e. The number of hydrogen-bond donors (Lipinski definition) is 1. The summed E-state index contributed by atoms with van der Waals surface area (Å²) in [7, 11) is 0. The zero-order valence-corrected chi connectivity index (χ0v) is 12.3. The summed E-state index contributed by atoms with van der Waals surface area (Å²) in [5.41, 5.74) is 6.76. The minimum Gasteiger partial charge on any atom is -0.392 e. The molecule has 3 atom stereocenters. The standard InChI is InChI=1S/C15H21FN2S/c1-10-6-11(2)9-18(8-10)14(15(17)19)12-4-3-5-13(16)7-12/h3-5,7,10-11,14H,6,8-9H2,1-2H3,(H2,17,19). The van der Waals surface area contributed by atoms with Crippen molar-refractivity contribution in [3.8, 4) is 0 Å². The number of likely N-dealkylation sites (tertiary alicyclic amines) is 1. The van der Waals surface area contributed by atoms with Crippen LogP contribution in [-0.2, 0) is 0 Å². The van der Waals surface area contributed by atoms with Gasteiger partial charge in [0.05, 0.1) is 11.0 Å². The third kappa shape index (κ3) is 3.51. The van der Waals surface area contributed by atoms with Crippen LogP contribution in [0.25, 0.3) is 0 Å². The van der Waals surface area contributed by atoms with Gasteiger partial charge in [-0.15, -0.1) is 0 Å². The van der Waals surface area contributed by atoms with E-state index >= 15 is 0 Å². The predicted molar refractivity (Wildman–Crippen MR) is 80.4 cm³/mol. The minimum absolute atomic E-state index is 0.157. The van der Waals surface area contributed by atoms with E-state index in [9.17, 15) is 4.39 Å². The molecule has 0 amide bonds. The van der Waals surface area contributed by atoms with Crippen LogP contribution in [0.2, 0.25) is 0 Å². The fourth-order valence-corrected chi connectivity index (χ4v) is 3.44. The van der Waals surface area contributed by atoms with Gasteiger partial charge in [-0.1, -0.05) is 38.2 Å². The molecule has 2 rings (SSSR count). The fourth-order valence-electron chi connectivity index (χ4n) is 3.15. The molecule has 0 bridgehead atoms. The van der Waals surface area contributed by atoms with Crippen molar-refractivity contribution in [1.29, 1.82) is 0 Å². The molecular formula is C15H21FN2S. The average molecular weight is 280 g/mol. The molecule has 104 valence electrons. The summed E-state index contributed by atoms with van der Waals surface area (Å²) in [6.07, 6.45) is 1.23. The van der Waals surface area contributed by atoms with Gasteiger partial charge in [-0.3, -0.25) is 4.90 Å². The molecule has 1 aromatic rings. The molecule has 0 spiro atoms. The first-order valence-corrected chi connectivity index (χ1v) is 7.17. The molecule has 0 saturated carbocycles. The summed E-state index contributed by atoms with van der Waals surface area (Å²) in [4.78, 5) is 2.71. The third-order valence-corrected chi connectivity index (χ3v) is 3.92. The molecule has 1 fully saturated rings. The first kappa shape index (κ1) is 14.4. The minimum atomic E-state index is -0.239. The molecule has 3 unspecified atom stereocenters. The Labute approximate surface area is 119 Å². The Bertz CT molecular complexity index is 453. The number of halogens is 1. The van der Waals surface area contributed by atoms with E-state index in [4.69, 9.17) is 18.0 Å². The number of piperidine rings is 1. The largest absolute Gasteiger partial charge is 0.392 e. The Balaban J connectivity index is 2.27. The predicted octanol–water partition coefficient (Wildman–Crippen LogP) is 3.13. The second kappa shape index (κ2) is 5.97. The van der Waals surface area contributed by atoms with E-state index in [1.165, 1.54) is 18.6 Å². The van der Waals surface area contributed by atoms with Crippen LogP contribution in [-0.4, -0.2) is 23.0 Å². The second-order valence-corrected chi connectivity index (χ2v) is 6.23. The van der Waals surface area contributed by atoms with Crippen molar-refractivity contribution < 1.29 is 4.39 Å². The zero-order valence-electron chi connectivity index (χ0n) is 11.5. The zero-order chi connectivity index (χ0) is 14.0. The average Bonchev–Trinajstić information content (AvgIpc) is 2.27. The lowest BCUT2D eigenvalue weighted by Gasteiger charge is -2.39. The van der Waals surface area contributed by atoms with E-state index in [0.29, 0.717) is 16.8 Å². The first-order chi connectivity index (χ1) is 8.97. The quantitative estimate of drug-likeness (QED) is 0.863. The summed E-state index contributed by atoms with van der Waals surface area (Å²) in [6.45, 7) is 6.40. The monoisotopic (exact) mass is 280 g/mol. The lowest BCUT2D eigenvalue weighted by Crippen LogP contribution is -2.45. The molecule has 2 N–H and O–H groups in total. The van der Waals surface area contributed by atoms with E-state index in [0.717, 1.165) is 18.7 Å². The highest BCUT2D eigenvalue weighted by molar-refractivity contribution is 7.80. The summed E-state index contributed by atoms with van der Waals surface area (Å²) in [5.74, 6) is 1.00. The van der Waals surface area contributed by atoms with E-state index in [2.05, 4.69) is 18.7 Å². The van der Waals surface area contributed by atoms with Gasteiger partial charge in [0, 0.05) is 13.1 Å². The van der Waals surface area contributed by atoms with Crippen LogP contribution in [0.4, 0.5) is 4.39 Å². The van der Waals surface area contributed by atoms with Crippen LogP contribution in [0.5, 0.6) is 0 Å². The maximum absolute atomic E-state index is 13.4. The van der Waals surface area contributed by atoms with E-state index in [1.807, 2.05) is 6.07 Å². The fraction of sp³-hybridized carbons (Fsp3) is 0.533. The molecule has 2 nitrogen and oxygen atoms in total. The molecule has 1 heterocycles. The SMILES string of the molecule is CC1CC(C)CN(C(C(N)=S)c2cccc(F)c2)C1. The van der Waals surface area contributed by atoms with Gasteiger partial charge in [-0.05, 0) is 36.0 Å². The summed E-state index contributed by atoms with van der Waals surface area (Å²) in [6, 6.07) is 6.44. The van der Waals surface area contributed by atoms with Gasteiger partial charge in [0.1, 0.15) is 5.82 Å². The van der Waals surface area contributed by atoms with Crippen molar-refractivity contribution in [1.82, 2.24) is 4.90 Å². The molecular weight excluding hydrogens is 259 g/mol. The molecule has 1 aromatic carbocycles. The highest BCUT2D eigenvalue weighted by Crippen LogP contribution is 2.29.